The average molecular weight is 424 g/mol. The van der Waals surface area contributed by atoms with Gasteiger partial charge in [0.15, 0.2) is 5.78 Å². The summed E-state index contributed by atoms with van der Waals surface area (Å²) in [6, 6.07) is 27.3. The Balaban J connectivity index is 1.55. The molecule has 3 aromatic rings. The van der Waals surface area contributed by atoms with Crippen LogP contribution in [0.25, 0.3) is 0 Å². The van der Waals surface area contributed by atoms with Crippen molar-refractivity contribution >= 4 is 11.5 Å². The van der Waals surface area contributed by atoms with Crippen LogP contribution < -0.4 is 10.1 Å². The fraction of sp³-hybridized carbons (Fsp3) is 0.345. The van der Waals surface area contributed by atoms with E-state index >= 15 is 0 Å². The molecule has 0 bridgehead atoms. The highest BCUT2D eigenvalue weighted by atomic mass is 16.5. The molecular formula is C29H29NO2. The molecule has 4 atom stereocenters. The molecule has 1 heterocycles. The second-order valence-corrected chi connectivity index (χ2v) is 9.66. The first-order valence-corrected chi connectivity index (χ1v) is 11.8. The SMILES string of the molecule is COc1ccc([C@@H]2C[C@H](C(=O)c3ccccc3)[C@]34CCCC[C@]23c2ccccc2N4)cc1. The molecule has 3 aromatic carbocycles. The number of benzene rings is 3. The number of hydrogen-bond donors (Lipinski definition) is 1. The van der Waals surface area contributed by atoms with E-state index in [4.69, 9.17) is 4.74 Å². The molecule has 162 valence electrons. The van der Waals surface area contributed by atoms with E-state index in [1.807, 2.05) is 30.3 Å². The van der Waals surface area contributed by atoms with E-state index in [9.17, 15) is 4.79 Å². The second-order valence-electron chi connectivity index (χ2n) is 9.66. The van der Waals surface area contributed by atoms with Crippen LogP contribution in [0.15, 0.2) is 78.9 Å². The number of para-hydroxylation sites is 1. The van der Waals surface area contributed by atoms with Crippen molar-refractivity contribution in [2.75, 3.05) is 12.4 Å². The molecule has 0 amide bonds. The molecular weight excluding hydrogens is 394 g/mol. The monoisotopic (exact) mass is 423 g/mol. The van der Waals surface area contributed by atoms with Gasteiger partial charge in [-0.3, -0.25) is 4.79 Å². The Bertz CT molecular complexity index is 1160. The third kappa shape index (κ3) is 2.51. The molecule has 0 spiro atoms. The van der Waals surface area contributed by atoms with E-state index in [0.717, 1.165) is 37.0 Å². The number of nitrogens with one attached hydrogen (secondary N) is 1. The number of carbonyl (C=O) groups excluding carboxylic acids is 1. The van der Waals surface area contributed by atoms with Crippen LogP contribution in [0.3, 0.4) is 0 Å². The first kappa shape index (κ1) is 19.6. The molecule has 32 heavy (non-hydrogen) atoms. The van der Waals surface area contributed by atoms with E-state index in [2.05, 4.69) is 53.8 Å². The summed E-state index contributed by atoms with van der Waals surface area (Å²) in [6.07, 6.45) is 5.40. The fourth-order valence-corrected chi connectivity index (χ4v) is 7.30. The van der Waals surface area contributed by atoms with Gasteiger partial charge in [0.25, 0.3) is 0 Å². The summed E-state index contributed by atoms with van der Waals surface area (Å²) in [6.45, 7) is 0. The van der Waals surface area contributed by atoms with Crippen LogP contribution in [-0.4, -0.2) is 18.4 Å². The Hall–Kier alpha value is -3.07. The molecule has 3 heteroatoms. The average Bonchev–Trinajstić information content (AvgIpc) is 3.33. The van der Waals surface area contributed by atoms with Crippen LogP contribution in [0.1, 0.15) is 59.5 Å². The summed E-state index contributed by atoms with van der Waals surface area (Å²) in [5, 5.41) is 3.98. The van der Waals surface area contributed by atoms with Gasteiger partial charge in [-0.05, 0) is 54.5 Å². The molecule has 1 aliphatic heterocycles. The van der Waals surface area contributed by atoms with Crippen molar-refractivity contribution < 1.29 is 9.53 Å². The maximum atomic E-state index is 14.0. The lowest BCUT2D eigenvalue weighted by molar-refractivity contribution is 0.0824. The Morgan fingerprint density at radius 1 is 0.906 bits per heavy atom. The number of Topliss-reactive ketones (excluding diaryl/α,β-unsaturated/α-hetero) is 1. The van der Waals surface area contributed by atoms with Gasteiger partial charge in [0.1, 0.15) is 5.75 Å². The highest BCUT2D eigenvalue weighted by Gasteiger charge is 2.70. The van der Waals surface area contributed by atoms with Gasteiger partial charge in [0.2, 0.25) is 0 Å². The van der Waals surface area contributed by atoms with Crippen molar-refractivity contribution in [2.45, 2.75) is 49.0 Å². The van der Waals surface area contributed by atoms with Gasteiger partial charge in [0.05, 0.1) is 12.6 Å². The van der Waals surface area contributed by atoms with Crippen molar-refractivity contribution in [3.8, 4) is 5.75 Å². The summed E-state index contributed by atoms with van der Waals surface area (Å²) >= 11 is 0. The number of rotatable bonds is 4. The molecule has 1 N–H and O–H groups in total. The minimum Gasteiger partial charge on any atom is -0.497 e. The smallest absolute Gasteiger partial charge is 0.168 e. The summed E-state index contributed by atoms with van der Waals surface area (Å²) in [4.78, 5) is 14.0. The van der Waals surface area contributed by atoms with Crippen molar-refractivity contribution in [3.05, 3.63) is 95.6 Å². The van der Waals surface area contributed by atoms with Crippen LogP contribution in [0.2, 0.25) is 0 Å². The lowest BCUT2D eigenvalue weighted by Crippen LogP contribution is -2.57. The zero-order valence-corrected chi connectivity index (χ0v) is 18.5. The zero-order chi connectivity index (χ0) is 21.8. The normalized spacial score (nSPS) is 30.0. The molecule has 0 radical (unpaired) electrons. The number of ketones is 1. The number of fused-ring (bicyclic) bond motifs is 1. The van der Waals surface area contributed by atoms with Gasteiger partial charge < -0.3 is 10.1 Å². The molecule has 0 unspecified atom stereocenters. The zero-order valence-electron chi connectivity index (χ0n) is 18.5. The Morgan fingerprint density at radius 2 is 1.62 bits per heavy atom. The van der Waals surface area contributed by atoms with E-state index in [-0.39, 0.29) is 22.7 Å². The summed E-state index contributed by atoms with van der Waals surface area (Å²) < 4.78 is 5.43. The van der Waals surface area contributed by atoms with Crippen molar-refractivity contribution in [1.82, 2.24) is 0 Å². The third-order valence-corrected chi connectivity index (χ3v) is 8.51. The Morgan fingerprint density at radius 3 is 2.41 bits per heavy atom. The van der Waals surface area contributed by atoms with Crippen LogP contribution in [0, 0.1) is 5.92 Å². The lowest BCUT2D eigenvalue weighted by Gasteiger charge is -2.50. The molecule has 2 aliphatic carbocycles. The van der Waals surface area contributed by atoms with Gasteiger partial charge in [-0.15, -0.1) is 0 Å². The topological polar surface area (TPSA) is 38.3 Å². The van der Waals surface area contributed by atoms with Gasteiger partial charge in [-0.2, -0.15) is 0 Å². The molecule has 3 aliphatic rings. The van der Waals surface area contributed by atoms with Gasteiger partial charge >= 0.3 is 0 Å². The summed E-state index contributed by atoms with van der Waals surface area (Å²) in [5.74, 6) is 1.40. The fourth-order valence-electron chi connectivity index (χ4n) is 7.30. The molecule has 6 rings (SSSR count). The standard InChI is InChI=1S/C29H29NO2/c1-32-22-15-13-20(14-16-22)24-19-25(27(31)21-9-3-2-4-10-21)29-18-8-7-17-28(24,29)23-11-5-6-12-26(23)30-29/h2-6,9-16,24-25,30H,7-8,17-19H2,1H3/t24-,25+,28-,29+/m0/s1. The first-order valence-electron chi connectivity index (χ1n) is 11.8. The number of ether oxygens (including phenoxy) is 1. The predicted octanol–water partition coefficient (Wildman–Crippen LogP) is 6.36. The van der Waals surface area contributed by atoms with Gasteiger partial charge in [-0.1, -0.05) is 73.5 Å². The Kier molecular flexibility index (Phi) is 4.43. The molecule has 0 saturated heterocycles. The van der Waals surface area contributed by atoms with E-state index in [1.54, 1.807) is 7.11 Å². The number of methoxy groups -OCH3 is 1. The van der Waals surface area contributed by atoms with Gasteiger partial charge in [0, 0.05) is 22.6 Å². The van der Waals surface area contributed by atoms with E-state index in [1.165, 1.54) is 23.2 Å². The predicted molar refractivity (Wildman–Crippen MR) is 128 cm³/mol. The van der Waals surface area contributed by atoms with Crippen molar-refractivity contribution in [1.29, 1.82) is 0 Å². The molecule has 3 nitrogen and oxygen atoms in total. The van der Waals surface area contributed by atoms with Crippen molar-refractivity contribution in [2.24, 2.45) is 5.92 Å². The minimum absolute atomic E-state index is 0.0512. The van der Waals surface area contributed by atoms with E-state index in [0.29, 0.717) is 5.92 Å². The number of hydrogen-bond acceptors (Lipinski definition) is 3. The van der Waals surface area contributed by atoms with Gasteiger partial charge in [-0.25, -0.2) is 0 Å². The maximum absolute atomic E-state index is 14.0. The molecule has 0 aromatic heterocycles. The number of anilines is 1. The highest BCUT2D eigenvalue weighted by molar-refractivity contribution is 6.00. The largest absolute Gasteiger partial charge is 0.497 e. The summed E-state index contributed by atoms with van der Waals surface area (Å²) in [7, 11) is 1.71. The van der Waals surface area contributed by atoms with Crippen LogP contribution >= 0.6 is 0 Å². The molecule has 2 saturated carbocycles. The third-order valence-electron chi connectivity index (χ3n) is 8.51. The highest BCUT2D eigenvalue weighted by Crippen LogP contribution is 2.70. The minimum atomic E-state index is -0.230. The lowest BCUT2D eigenvalue weighted by atomic mass is 9.56. The van der Waals surface area contributed by atoms with Crippen LogP contribution in [0.4, 0.5) is 5.69 Å². The van der Waals surface area contributed by atoms with Crippen molar-refractivity contribution in [3.63, 3.8) is 0 Å². The summed E-state index contributed by atoms with van der Waals surface area (Å²) in [5.41, 5.74) is 4.48. The number of carbonyl (C=O) groups is 1. The maximum Gasteiger partial charge on any atom is 0.168 e. The van der Waals surface area contributed by atoms with Crippen LogP contribution in [-0.2, 0) is 5.41 Å². The molecule has 2 fully saturated rings. The Labute approximate surface area is 189 Å². The first-order chi connectivity index (χ1) is 15.7. The van der Waals surface area contributed by atoms with Crippen LogP contribution in [0.5, 0.6) is 5.75 Å². The quantitative estimate of drug-likeness (QED) is 0.496. The van der Waals surface area contributed by atoms with E-state index < -0.39 is 0 Å². The second kappa shape index (κ2) is 7.23.